The fourth-order valence-electron chi connectivity index (χ4n) is 3.69. The highest BCUT2D eigenvalue weighted by molar-refractivity contribution is 6.09. The lowest BCUT2D eigenvalue weighted by molar-refractivity contribution is -0.135. The van der Waals surface area contributed by atoms with Crippen LogP contribution in [0, 0.1) is 19.7 Å². The fourth-order valence-corrected chi connectivity index (χ4v) is 3.69. The van der Waals surface area contributed by atoms with Crippen molar-refractivity contribution in [3.05, 3.63) is 70.5 Å². The monoisotopic (exact) mass is 411 g/mol. The second-order valence-electron chi connectivity index (χ2n) is 7.72. The van der Waals surface area contributed by atoms with Gasteiger partial charge in [0.25, 0.3) is 5.91 Å². The van der Waals surface area contributed by atoms with E-state index in [9.17, 15) is 18.8 Å². The topological polar surface area (TPSA) is 78.5 Å². The Labute approximate surface area is 175 Å². The van der Waals surface area contributed by atoms with Crippen molar-refractivity contribution in [2.45, 2.75) is 45.7 Å². The molecule has 1 heterocycles. The van der Waals surface area contributed by atoms with Crippen LogP contribution in [0.15, 0.2) is 42.5 Å². The number of carbonyl (C=O) groups is 3. The number of amides is 4. The lowest BCUT2D eigenvalue weighted by Gasteiger charge is -2.25. The smallest absolute Gasteiger partial charge is 0.325 e. The molecular weight excluding hydrogens is 385 g/mol. The number of aryl methyl sites for hydroxylation is 2. The largest absolute Gasteiger partial charge is 0.348 e. The Balaban J connectivity index is 1.73. The van der Waals surface area contributed by atoms with Gasteiger partial charge in [-0.3, -0.25) is 14.5 Å². The highest BCUT2D eigenvalue weighted by atomic mass is 19.1. The van der Waals surface area contributed by atoms with E-state index >= 15 is 0 Å². The Kier molecular flexibility index (Phi) is 5.92. The van der Waals surface area contributed by atoms with Crippen LogP contribution in [0.4, 0.5) is 9.18 Å². The van der Waals surface area contributed by atoms with Gasteiger partial charge in [0.05, 0.1) is 6.04 Å². The molecular formula is C23H26FN3O3. The van der Waals surface area contributed by atoms with Crippen molar-refractivity contribution in [3.63, 3.8) is 0 Å². The van der Waals surface area contributed by atoms with Crippen LogP contribution in [0.2, 0.25) is 0 Å². The van der Waals surface area contributed by atoms with Crippen LogP contribution in [0.25, 0.3) is 0 Å². The Morgan fingerprint density at radius 1 is 1.13 bits per heavy atom. The van der Waals surface area contributed by atoms with Crippen molar-refractivity contribution < 1.29 is 18.8 Å². The van der Waals surface area contributed by atoms with Gasteiger partial charge in [0.1, 0.15) is 17.9 Å². The third kappa shape index (κ3) is 3.92. The number of urea groups is 1. The molecule has 1 saturated heterocycles. The van der Waals surface area contributed by atoms with Gasteiger partial charge in [-0.1, -0.05) is 37.3 Å². The molecule has 0 unspecified atom stereocenters. The first-order valence-electron chi connectivity index (χ1n) is 9.94. The van der Waals surface area contributed by atoms with Crippen LogP contribution in [-0.2, 0) is 15.1 Å². The van der Waals surface area contributed by atoms with Crippen molar-refractivity contribution in [2.24, 2.45) is 0 Å². The molecule has 158 valence electrons. The number of halogens is 1. The molecule has 0 aliphatic carbocycles. The molecule has 0 radical (unpaired) electrons. The van der Waals surface area contributed by atoms with Crippen LogP contribution >= 0.6 is 0 Å². The minimum absolute atomic E-state index is 0.273. The number of rotatable bonds is 6. The molecule has 0 aromatic heterocycles. The van der Waals surface area contributed by atoms with Gasteiger partial charge >= 0.3 is 6.03 Å². The maximum Gasteiger partial charge on any atom is 0.325 e. The predicted molar refractivity (Wildman–Crippen MR) is 111 cm³/mol. The zero-order valence-corrected chi connectivity index (χ0v) is 17.6. The third-order valence-electron chi connectivity index (χ3n) is 5.75. The maximum atomic E-state index is 13.3. The Morgan fingerprint density at radius 3 is 2.40 bits per heavy atom. The van der Waals surface area contributed by atoms with Gasteiger partial charge in [-0.2, -0.15) is 0 Å². The van der Waals surface area contributed by atoms with Gasteiger partial charge in [-0.25, -0.2) is 9.18 Å². The molecule has 2 N–H and O–H groups in total. The summed E-state index contributed by atoms with van der Waals surface area (Å²) < 4.78 is 13.3. The summed E-state index contributed by atoms with van der Waals surface area (Å²) in [7, 11) is 0. The summed E-state index contributed by atoms with van der Waals surface area (Å²) in [6.07, 6.45) is 0.278. The van der Waals surface area contributed by atoms with Crippen molar-refractivity contribution in [1.82, 2.24) is 15.5 Å². The third-order valence-corrected chi connectivity index (χ3v) is 5.75. The number of nitrogens with zero attached hydrogens (tertiary/aromatic N) is 1. The van der Waals surface area contributed by atoms with E-state index in [0.717, 1.165) is 21.6 Å². The number of hydrogen-bond donors (Lipinski definition) is 2. The first-order valence-corrected chi connectivity index (χ1v) is 9.94. The van der Waals surface area contributed by atoms with E-state index in [0.29, 0.717) is 5.56 Å². The second kappa shape index (κ2) is 8.26. The molecule has 0 saturated carbocycles. The quantitative estimate of drug-likeness (QED) is 0.715. The molecule has 0 spiro atoms. The summed E-state index contributed by atoms with van der Waals surface area (Å²) in [5, 5.41) is 5.53. The molecule has 3 rings (SSSR count). The minimum Gasteiger partial charge on any atom is -0.348 e. The lowest BCUT2D eigenvalue weighted by Crippen LogP contribution is -2.45. The molecule has 7 heteroatoms. The molecule has 1 aliphatic heterocycles. The summed E-state index contributed by atoms with van der Waals surface area (Å²) >= 11 is 0. The number of imide groups is 1. The molecule has 2 atom stereocenters. The SMILES string of the molecule is CC[C@@]1(c2ccc(F)cc2)NC(=O)N(CC(=O)N[C@H](C)c2ccc(C)c(C)c2)C1=O. The number of hydrogen-bond acceptors (Lipinski definition) is 3. The van der Waals surface area contributed by atoms with E-state index < -0.39 is 29.2 Å². The van der Waals surface area contributed by atoms with E-state index in [2.05, 4.69) is 10.6 Å². The van der Waals surface area contributed by atoms with Gasteiger partial charge in [-0.15, -0.1) is 0 Å². The lowest BCUT2D eigenvalue weighted by atomic mass is 9.87. The zero-order chi connectivity index (χ0) is 22.1. The molecule has 30 heavy (non-hydrogen) atoms. The first-order chi connectivity index (χ1) is 14.2. The average molecular weight is 411 g/mol. The van der Waals surface area contributed by atoms with E-state index in [-0.39, 0.29) is 19.0 Å². The first kappa shape index (κ1) is 21.5. The molecule has 0 bridgehead atoms. The molecule has 4 amide bonds. The summed E-state index contributed by atoms with van der Waals surface area (Å²) in [6, 6.07) is 10.5. The number of nitrogens with one attached hydrogen (secondary N) is 2. The van der Waals surface area contributed by atoms with E-state index in [1.807, 2.05) is 39.0 Å². The van der Waals surface area contributed by atoms with Crippen LogP contribution in [0.1, 0.15) is 48.6 Å². The van der Waals surface area contributed by atoms with Gasteiger partial charge in [0.2, 0.25) is 5.91 Å². The van der Waals surface area contributed by atoms with Crippen LogP contribution in [0.3, 0.4) is 0 Å². The molecule has 1 aliphatic rings. The van der Waals surface area contributed by atoms with Crippen LogP contribution in [0.5, 0.6) is 0 Å². The fraction of sp³-hybridized carbons (Fsp3) is 0.348. The van der Waals surface area contributed by atoms with Crippen molar-refractivity contribution in [2.75, 3.05) is 6.54 Å². The van der Waals surface area contributed by atoms with Crippen LogP contribution < -0.4 is 10.6 Å². The van der Waals surface area contributed by atoms with E-state index in [1.54, 1.807) is 6.92 Å². The van der Waals surface area contributed by atoms with Crippen molar-refractivity contribution >= 4 is 17.8 Å². The summed E-state index contributed by atoms with van der Waals surface area (Å²) in [5.74, 6) is -1.39. The zero-order valence-electron chi connectivity index (χ0n) is 17.6. The Morgan fingerprint density at radius 2 is 1.80 bits per heavy atom. The van der Waals surface area contributed by atoms with Crippen molar-refractivity contribution in [1.29, 1.82) is 0 Å². The highest BCUT2D eigenvalue weighted by Gasteiger charge is 2.51. The van der Waals surface area contributed by atoms with Crippen molar-refractivity contribution in [3.8, 4) is 0 Å². The normalized spacial score (nSPS) is 19.6. The van der Waals surface area contributed by atoms with Gasteiger partial charge in [0, 0.05) is 0 Å². The Hall–Kier alpha value is -3.22. The summed E-state index contributed by atoms with van der Waals surface area (Å²) in [6.45, 7) is 7.24. The van der Waals surface area contributed by atoms with Crippen LogP contribution in [-0.4, -0.2) is 29.3 Å². The summed E-state index contributed by atoms with van der Waals surface area (Å²) in [4.78, 5) is 39.1. The molecule has 1 fully saturated rings. The van der Waals surface area contributed by atoms with Gasteiger partial charge < -0.3 is 10.6 Å². The summed E-state index contributed by atoms with van der Waals surface area (Å²) in [5.41, 5.74) is 2.40. The van der Waals surface area contributed by atoms with Gasteiger partial charge in [0.15, 0.2) is 0 Å². The standard InChI is InChI=1S/C23H26FN3O3/c1-5-23(18-8-10-19(24)11-9-18)21(29)27(22(30)26-23)13-20(28)25-16(4)17-7-6-14(2)15(3)12-17/h6-12,16H,5,13H2,1-4H3,(H,25,28)(H,26,30)/t16-,23+/m1/s1. The molecule has 2 aromatic carbocycles. The number of benzene rings is 2. The van der Waals surface area contributed by atoms with E-state index in [4.69, 9.17) is 0 Å². The number of carbonyl (C=O) groups excluding carboxylic acids is 3. The van der Waals surface area contributed by atoms with Gasteiger partial charge in [-0.05, 0) is 61.6 Å². The molecule has 6 nitrogen and oxygen atoms in total. The maximum absolute atomic E-state index is 13.3. The molecule has 2 aromatic rings. The Bertz CT molecular complexity index is 990. The average Bonchev–Trinajstić information content (AvgIpc) is 2.95. The minimum atomic E-state index is -1.30. The van der Waals surface area contributed by atoms with E-state index in [1.165, 1.54) is 24.3 Å². The predicted octanol–water partition coefficient (Wildman–Crippen LogP) is 3.48. The highest BCUT2D eigenvalue weighted by Crippen LogP contribution is 2.32. The second-order valence-corrected chi connectivity index (χ2v) is 7.72.